The van der Waals surface area contributed by atoms with E-state index in [0.29, 0.717) is 0 Å². The van der Waals surface area contributed by atoms with Crippen LogP contribution in [0.25, 0.3) is 0 Å². The number of carbonyl (C=O) groups is 2. The molecule has 1 fully saturated rings. The molecule has 6 heteroatoms. The lowest BCUT2D eigenvalue weighted by molar-refractivity contribution is -0.118. The molecule has 3 amide bonds. The van der Waals surface area contributed by atoms with E-state index in [1.807, 2.05) is 24.3 Å². The fourth-order valence-electron chi connectivity index (χ4n) is 2.24. The number of rotatable bonds is 4. The minimum atomic E-state index is -0.397. The van der Waals surface area contributed by atoms with Crippen molar-refractivity contribution in [2.24, 2.45) is 0 Å². The van der Waals surface area contributed by atoms with Gasteiger partial charge in [-0.15, -0.1) is 0 Å². The third kappa shape index (κ3) is 4.66. The molecular weight excluding hydrogens is 369 g/mol. The van der Waals surface area contributed by atoms with Crippen LogP contribution in [0.15, 0.2) is 24.3 Å². The number of hydrogen-bond donors (Lipinski definition) is 3. The number of carbonyl (C=O) groups excluding carboxylic acids is 2. The number of nitrogens with one attached hydrogen (secondary N) is 3. The number of amides is 3. The van der Waals surface area contributed by atoms with Gasteiger partial charge in [-0.1, -0.05) is 25.0 Å². The van der Waals surface area contributed by atoms with Crippen molar-refractivity contribution in [1.29, 1.82) is 0 Å². The summed E-state index contributed by atoms with van der Waals surface area (Å²) in [6.07, 6.45) is 4.30. The van der Waals surface area contributed by atoms with Gasteiger partial charge in [-0.2, -0.15) is 0 Å². The molecule has 0 aliphatic heterocycles. The fraction of sp³-hybridized carbons (Fsp3) is 0.429. The average Bonchev–Trinajstić information content (AvgIpc) is 2.90. The van der Waals surface area contributed by atoms with Crippen molar-refractivity contribution in [1.82, 2.24) is 10.6 Å². The summed E-state index contributed by atoms with van der Waals surface area (Å²) in [6, 6.07) is 7.50. The fourth-order valence-corrected chi connectivity index (χ4v) is 2.82. The zero-order valence-electron chi connectivity index (χ0n) is 11.1. The smallest absolute Gasteiger partial charge is 0.321 e. The summed E-state index contributed by atoms with van der Waals surface area (Å²) in [4.78, 5) is 23.3. The van der Waals surface area contributed by atoms with Crippen LogP contribution in [0.5, 0.6) is 0 Å². The second kappa shape index (κ2) is 7.47. The van der Waals surface area contributed by atoms with Crippen molar-refractivity contribution in [3.8, 4) is 0 Å². The lowest BCUT2D eigenvalue weighted by atomic mass is 10.2. The van der Waals surface area contributed by atoms with Crippen LogP contribution in [0.4, 0.5) is 10.5 Å². The van der Waals surface area contributed by atoms with Gasteiger partial charge >= 0.3 is 6.03 Å². The van der Waals surface area contributed by atoms with E-state index in [0.717, 1.165) is 34.9 Å². The first-order valence-electron chi connectivity index (χ1n) is 6.74. The number of para-hydroxylation sites is 1. The molecule has 1 aromatic carbocycles. The van der Waals surface area contributed by atoms with Crippen LogP contribution in [0.3, 0.4) is 0 Å². The van der Waals surface area contributed by atoms with Gasteiger partial charge in [0.25, 0.3) is 0 Å². The van der Waals surface area contributed by atoms with E-state index >= 15 is 0 Å². The summed E-state index contributed by atoms with van der Waals surface area (Å²) in [6.45, 7) is 0.0814. The molecule has 3 N–H and O–H groups in total. The Bertz CT molecular complexity index is 487. The predicted molar refractivity (Wildman–Crippen MR) is 86.6 cm³/mol. The van der Waals surface area contributed by atoms with Gasteiger partial charge in [-0.25, -0.2) is 4.79 Å². The van der Waals surface area contributed by atoms with Crippen LogP contribution in [-0.4, -0.2) is 24.5 Å². The molecule has 1 aliphatic carbocycles. The van der Waals surface area contributed by atoms with Gasteiger partial charge in [0, 0.05) is 15.3 Å². The molecule has 2 rings (SSSR count). The van der Waals surface area contributed by atoms with Crippen LogP contribution in [-0.2, 0) is 4.79 Å². The number of imide groups is 1. The van der Waals surface area contributed by atoms with E-state index in [4.69, 9.17) is 0 Å². The number of benzene rings is 1. The van der Waals surface area contributed by atoms with E-state index < -0.39 is 6.03 Å². The maximum atomic E-state index is 11.7. The van der Waals surface area contributed by atoms with E-state index in [2.05, 4.69) is 38.5 Å². The van der Waals surface area contributed by atoms with E-state index in [1.165, 1.54) is 0 Å². The number of urea groups is 1. The highest BCUT2D eigenvalue weighted by molar-refractivity contribution is 14.1. The topological polar surface area (TPSA) is 70.2 Å². The summed E-state index contributed by atoms with van der Waals surface area (Å²) >= 11 is 2.19. The van der Waals surface area contributed by atoms with Crippen LogP contribution in [0.2, 0.25) is 0 Å². The average molecular weight is 387 g/mol. The van der Waals surface area contributed by atoms with Crippen molar-refractivity contribution in [2.45, 2.75) is 31.7 Å². The number of halogens is 1. The zero-order chi connectivity index (χ0) is 14.4. The maximum absolute atomic E-state index is 11.7. The molecular formula is C14H18IN3O2. The molecule has 0 aromatic heterocycles. The zero-order valence-corrected chi connectivity index (χ0v) is 13.3. The Morgan fingerprint density at radius 2 is 1.90 bits per heavy atom. The molecule has 0 radical (unpaired) electrons. The molecule has 0 saturated heterocycles. The van der Waals surface area contributed by atoms with Crippen molar-refractivity contribution in [3.05, 3.63) is 27.8 Å². The largest absolute Gasteiger partial charge is 0.375 e. The highest BCUT2D eigenvalue weighted by atomic mass is 127. The Morgan fingerprint density at radius 3 is 2.60 bits per heavy atom. The Morgan fingerprint density at radius 1 is 1.20 bits per heavy atom. The summed E-state index contributed by atoms with van der Waals surface area (Å²) in [5.74, 6) is -0.333. The molecule has 0 unspecified atom stereocenters. The minimum Gasteiger partial charge on any atom is -0.375 e. The Kier molecular flexibility index (Phi) is 5.63. The highest BCUT2D eigenvalue weighted by Gasteiger charge is 2.18. The van der Waals surface area contributed by atoms with Crippen molar-refractivity contribution in [2.75, 3.05) is 11.9 Å². The first-order valence-corrected chi connectivity index (χ1v) is 7.82. The number of anilines is 1. The van der Waals surface area contributed by atoms with Crippen molar-refractivity contribution >= 4 is 40.2 Å². The van der Waals surface area contributed by atoms with Gasteiger partial charge in [-0.3, -0.25) is 10.1 Å². The Balaban J connectivity index is 1.72. The Labute approximate surface area is 132 Å². The molecule has 5 nitrogen and oxygen atoms in total. The standard InChI is InChI=1S/C14H18IN3O2/c15-11-7-3-4-8-12(11)16-9-13(19)18-14(20)17-10-5-1-2-6-10/h3-4,7-8,10,16H,1-2,5-6,9H2,(H2,17,18,19,20). The molecule has 1 aromatic rings. The molecule has 0 atom stereocenters. The lowest BCUT2D eigenvalue weighted by Crippen LogP contribution is -2.45. The first kappa shape index (κ1) is 15.1. The third-order valence-corrected chi connectivity index (χ3v) is 4.20. The minimum absolute atomic E-state index is 0.0814. The third-order valence-electron chi connectivity index (χ3n) is 3.26. The molecule has 108 valence electrons. The molecule has 0 spiro atoms. The van der Waals surface area contributed by atoms with Crippen molar-refractivity contribution in [3.63, 3.8) is 0 Å². The summed E-state index contributed by atoms with van der Waals surface area (Å²) in [5.41, 5.74) is 0.888. The highest BCUT2D eigenvalue weighted by Crippen LogP contribution is 2.17. The van der Waals surface area contributed by atoms with Crippen LogP contribution < -0.4 is 16.0 Å². The van der Waals surface area contributed by atoms with Crippen LogP contribution in [0, 0.1) is 3.57 Å². The van der Waals surface area contributed by atoms with Gasteiger partial charge in [0.1, 0.15) is 0 Å². The van der Waals surface area contributed by atoms with Gasteiger partial charge in [0.15, 0.2) is 0 Å². The molecule has 0 bridgehead atoms. The summed E-state index contributed by atoms with van der Waals surface area (Å²) in [5, 5.41) is 8.17. The molecule has 1 saturated carbocycles. The SMILES string of the molecule is O=C(CNc1ccccc1I)NC(=O)NC1CCCC1. The quantitative estimate of drug-likeness (QED) is 0.696. The van der Waals surface area contributed by atoms with Gasteiger partial charge < -0.3 is 10.6 Å². The lowest BCUT2D eigenvalue weighted by Gasteiger charge is -2.13. The van der Waals surface area contributed by atoms with E-state index in [-0.39, 0.29) is 18.5 Å². The summed E-state index contributed by atoms with van der Waals surface area (Å²) < 4.78 is 1.04. The molecule has 20 heavy (non-hydrogen) atoms. The molecule has 1 aliphatic rings. The van der Waals surface area contributed by atoms with E-state index in [9.17, 15) is 9.59 Å². The van der Waals surface area contributed by atoms with Gasteiger partial charge in [0.2, 0.25) is 5.91 Å². The van der Waals surface area contributed by atoms with Gasteiger partial charge in [-0.05, 0) is 47.6 Å². The molecule has 0 heterocycles. The second-order valence-corrected chi connectivity index (χ2v) is 6.00. The second-order valence-electron chi connectivity index (χ2n) is 4.84. The predicted octanol–water partition coefficient (Wildman–Crippen LogP) is 2.47. The van der Waals surface area contributed by atoms with E-state index in [1.54, 1.807) is 0 Å². The maximum Gasteiger partial charge on any atom is 0.321 e. The monoisotopic (exact) mass is 387 g/mol. The van der Waals surface area contributed by atoms with Crippen molar-refractivity contribution < 1.29 is 9.59 Å². The van der Waals surface area contributed by atoms with Gasteiger partial charge in [0.05, 0.1) is 6.54 Å². The number of hydrogen-bond acceptors (Lipinski definition) is 3. The first-order chi connectivity index (χ1) is 9.65. The Hall–Kier alpha value is -1.31. The summed E-state index contributed by atoms with van der Waals surface area (Å²) in [7, 11) is 0. The van der Waals surface area contributed by atoms with Crippen LogP contribution >= 0.6 is 22.6 Å². The van der Waals surface area contributed by atoms with Crippen LogP contribution in [0.1, 0.15) is 25.7 Å². The normalized spacial score (nSPS) is 14.8.